The van der Waals surface area contributed by atoms with Crippen LogP contribution in [0.4, 0.5) is 5.69 Å². The summed E-state index contributed by atoms with van der Waals surface area (Å²) in [7, 11) is 0. The molecular weight excluding hydrogens is 398 g/mol. The summed E-state index contributed by atoms with van der Waals surface area (Å²) in [4.78, 5) is 33.5. The van der Waals surface area contributed by atoms with Crippen LogP contribution in [0.2, 0.25) is 0 Å². The van der Waals surface area contributed by atoms with Crippen LogP contribution >= 0.6 is 11.8 Å². The van der Waals surface area contributed by atoms with Gasteiger partial charge in [-0.25, -0.2) is 14.5 Å². The minimum absolute atomic E-state index is 0.146. The van der Waals surface area contributed by atoms with E-state index in [4.69, 9.17) is 0 Å². The molecule has 0 aliphatic rings. The topological polar surface area (TPSA) is 92.2 Å². The molecule has 1 amide bonds. The Bertz CT molecular complexity index is 1310. The van der Waals surface area contributed by atoms with Crippen LogP contribution in [0, 0.1) is 20.8 Å². The molecule has 0 spiro atoms. The maximum absolute atomic E-state index is 12.5. The largest absolute Gasteiger partial charge is 0.325 e. The van der Waals surface area contributed by atoms with Gasteiger partial charge in [0.2, 0.25) is 5.91 Å². The number of carbonyl (C=O) groups is 1. The summed E-state index contributed by atoms with van der Waals surface area (Å²) in [5, 5.41) is 6.12. The van der Waals surface area contributed by atoms with Crippen LogP contribution in [-0.2, 0) is 4.79 Å². The predicted octanol–water partition coefficient (Wildman–Crippen LogP) is 3.74. The molecule has 4 aromatic rings. The molecule has 30 heavy (non-hydrogen) atoms. The van der Waals surface area contributed by atoms with Crippen molar-refractivity contribution < 1.29 is 4.79 Å². The number of aryl methyl sites for hydroxylation is 3. The smallest absolute Gasteiger partial charge is 0.266 e. The van der Waals surface area contributed by atoms with E-state index in [1.807, 2.05) is 63.2 Å². The minimum atomic E-state index is -0.271. The molecule has 2 aromatic carbocycles. The lowest BCUT2D eigenvalue weighted by Crippen LogP contribution is -2.16. The minimum Gasteiger partial charge on any atom is -0.325 e. The van der Waals surface area contributed by atoms with Gasteiger partial charge in [-0.1, -0.05) is 53.7 Å². The Morgan fingerprint density at radius 3 is 2.63 bits per heavy atom. The second kappa shape index (κ2) is 8.16. The maximum atomic E-state index is 12.5. The number of hydrogen-bond donors (Lipinski definition) is 2. The van der Waals surface area contributed by atoms with Crippen LogP contribution in [0.25, 0.3) is 17.0 Å². The number of thioether (sulfide) groups is 1. The second-order valence-electron chi connectivity index (χ2n) is 7.11. The maximum Gasteiger partial charge on any atom is 0.266 e. The molecule has 0 unspecified atom stereocenters. The Morgan fingerprint density at radius 2 is 1.87 bits per heavy atom. The van der Waals surface area contributed by atoms with Crippen molar-refractivity contribution in [1.82, 2.24) is 19.6 Å². The average molecular weight is 420 g/mol. The molecule has 0 saturated carbocycles. The summed E-state index contributed by atoms with van der Waals surface area (Å²) >= 11 is 1.24. The third-order valence-electron chi connectivity index (χ3n) is 4.70. The van der Waals surface area contributed by atoms with Crippen molar-refractivity contribution in [1.29, 1.82) is 0 Å². The van der Waals surface area contributed by atoms with Gasteiger partial charge in [0.1, 0.15) is 0 Å². The number of nitrogens with zero attached hydrogens (tertiary/aromatic N) is 3. The number of aromatic amines is 1. The zero-order valence-corrected chi connectivity index (χ0v) is 17.7. The first kappa shape index (κ1) is 19.9. The van der Waals surface area contributed by atoms with Crippen molar-refractivity contribution in [3.63, 3.8) is 0 Å². The summed E-state index contributed by atoms with van der Waals surface area (Å²) in [5.41, 5.74) is 5.05. The van der Waals surface area contributed by atoms with E-state index in [1.54, 1.807) is 0 Å². The molecule has 4 rings (SSSR count). The highest BCUT2D eigenvalue weighted by atomic mass is 32.2. The van der Waals surface area contributed by atoms with E-state index in [0.717, 1.165) is 27.9 Å². The molecule has 2 aromatic heterocycles. The molecule has 2 heterocycles. The molecule has 8 heteroatoms. The Balaban J connectivity index is 1.61. The predicted molar refractivity (Wildman–Crippen MR) is 119 cm³/mol. The van der Waals surface area contributed by atoms with Crippen molar-refractivity contribution in [2.45, 2.75) is 25.9 Å². The standard InChI is InChI=1S/C22H21N5O2S/c1-13-8-9-17(15(3)10-13)23-20(29)12-30-22-25-21(16-7-5-4-6-14(16)2)24-18-11-19(28)26-27(18)22/h4-11H,12H2,1-3H3,(H,23,29)(H,26,28). The van der Waals surface area contributed by atoms with Gasteiger partial charge in [-0.05, 0) is 38.0 Å². The molecule has 0 aliphatic heterocycles. The van der Waals surface area contributed by atoms with E-state index >= 15 is 0 Å². The molecule has 0 bridgehead atoms. The third-order valence-corrected chi connectivity index (χ3v) is 5.64. The normalized spacial score (nSPS) is 11.0. The zero-order chi connectivity index (χ0) is 21.3. The summed E-state index contributed by atoms with van der Waals surface area (Å²) in [6, 6.07) is 15.1. The van der Waals surface area contributed by atoms with Crippen LogP contribution in [0.3, 0.4) is 0 Å². The summed E-state index contributed by atoms with van der Waals surface area (Å²) in [5.74, 6) is 0.516. The highest BCUT2D eigenvalue weighted by Gasteiger charge is 2.14. The number of carbonyl (C=O) groups excluding carboxylic acids is 1. The highest BCUT2D eigenvalue weighted by molar-refractivity contribution is 7.99. The Labute approximate surface area is 177 Å². The summed E-state index contributed by atoms with van der Waals surface area (Å²) in [6.07, 6.45) is 0. The van der Waals surface area contributed by atoms with Gasteiger partial charge in [-0.2, -0.15) is 0 Å². The molecule has 0 radical (unpaired) electrons. The number of aromatic nitrogens is 4. The number of hydrogen-bond acceptors (Lipinski definition) is 5. The zero-order valence-electron chi connectivity index (χ0n) is 16.9. The van der Waals surface area contributed by atoms with Crippen molar-refractivity contribution >= 4 is 29.0 Å². The van der Waals surface area contributed by atoms with E-state index in [9.17, 15) is 9.59 Å². The van der Waals surface area contributed by atoms with Crippen molar-refractivity contribution in [2.24, 2.45) is 0 Å². The van der Waals surface area contributed by atoms with E-state index in [0.29, 0.717) is 16.6 Å². The van der Waals surface area contributed by atoms with Gasteiger partial charge in [0.25, 0.3) is 5.56 Å². The first-order valence-electron chi connectivity index (χ1n) is 9.46. The van der Waals surface area contributed by atoms with Gasteiger partial charge in [0, 0.05) is 17.3 Å². The lowest BCUT2D eigenvalue weighted by atomic mass is 10.1. The number of rotatable bonds is 5. The molecule has 0 saturated heterocycles. The number of nitrogens with one attached hydrogen (secondary N) is 2. The van der Waals surface area contributed by atoms with Gasteiger partial charge in [0.15, 0.2) is 16.6 Å². The Kier molecular flexibility index (Phi) is 5.41. The fourth-order valence-corrected chi connectivity index (χ4v) is 3.95. The van der Waals surface area contributed by atoms with Gasteiger partial charge in [-0.3, -0.25) is 14.7 Å². The van der Waals surface area contributed by atoms with E-state index in [-0.39, 0.29) is 17.2 Å². The number of amides is 1. The Hall–Kier alpha value is -3.39. The van der Waals surface area contributed by atoms with Crippen LogP contribution in [0.15, 0.2) is 58.5 Å². The average Bonchev–Trinajstić information content (AvgIpc) is 3.09. The van der Waals surface area contributed by atoms with E-state index in [1.165, 1.54) is 22.3 Å². The van der Waals surface area contributed by atoms with Crippen molar-refractivity contribution in [2.75, 3.05) is 11.1 Å². The molecule has 7 nitrogen and oxygen atoms in total. The molecule has 0 fully saturated rings. The van der Waals surface area contributed by atoms with Crippen molar-refractivity contribution in [3.8, 4) is 11.4 Å². The van der Waals surface area contributed by atoms with Gasteiger partial charge < -0.3 is 5.32 Å². The number of benzene rings is 2. The SMILES string of the molecule is Cc1ccc(NC(=O)CSc2nc(-c3ccccc3C)nc3cc(=O)[nH]n23)c(C)c1. The third kappa shape index (κ3) is 4.13. The van der Waals surface area contributed by atoms with E-state index < -0.39 is 0 Å². The van der Waals surface area contributed by atoms with Crippen LogP contribution in [0.5, 0.6) is 0 Å². The van der Waals surface area contributed by atoms with Crippen LogP contribution in [-0.4, -0.2) is 31.2 Å². The molecule has 152 valence electrons. The second-order valence-corrected chi connectivity index (χ2v) is 8.06. The van der Waals surface area contributed by atoms with Gasteiger partial charge in [0.05, 0.1) is 5.75 Å². The van der Waals surface area contributed by atoms with Gasteiger partial charge >= 0.3 is 0 Å². The quantitative estimate of drug-likeness (QED) is 0.481. The van der Waals surface area contributed by atoms with Crippen molar-refractivity contribution in [3.05, 3.63) is 75.6 Å². The first-order valence-corrected chi connectivity index (χ1v) is 10.4. The number of fused-ring (bicyclic) bond motifs is 1. The Morgan fingerprint density at radius 1 is 1.07 bits per heavy atom. The number of anilines is 1. The summed E-state index contributed by atoms with van der Waals surface area (Å²) < 4.78 is 1.51. The molecule has 2 N–H and O–H groups in total. The molecular formula is C22H21N5O2S. The lowest BCUT2D eigenvalue weighted by Gasteiger charge is -2.10. The number of H-pyrrole nitrogens is 1. The fraction of sp³-hybridized carbons (Fsp3) is 0.182. The monoisotopic (exact) mass is 419 g/mol. The highest BCUT2D eigenvalue weighted by Crippen LogP contribution is 2.24. The molecule has 0 aliphatic carbocycles. The molecule has 0 atom stereocenters. The van der Waals surface area contributed by atoms with Crippen LogP contribution in [0.1, 0.15) is 16.7 Å². The summed E-state index contributed by atoms with van der Waals surface area (Å²) in [6.45, 7) is 5.96. The first-order chi connectivity index (χ1) is 14.4. The van der Waals surface area contributed by atoms with E-state index in [2.05, 4.69) is 20.4 Å². The van der Waals surface area contributed by atoms with Gasteiger partial charge in [-0.15, -0.1) is 0 Å². The lowest BCUT2D eigenvalue weighted by molar-refractivity contribution is -0.113. The fourth-order valence-electron chi connectivity index (χ4n) is 3.20. The van der Waals surface area contributed by atoms with Crippen LogP contribution < -0.4 is 10.9 Å².